The van der Waals surface area contributed by atoms with Gasteiger partial charge >= 0.3 is 0 Å². The van der Waals surface area contributed by atoms with Crippen LogP contribution in [-0.2, 0) is 5.75 Å². The highest BCUT2D eigenvalue weighted by Crippen LogP contribution is 2.21. The molecule has 13 heavy (non-hydrogen) atoms. The maximum Gasteiger partial charge on any atom is 0.162 e. The van der Waals surface area contributed by atoms with Crippen LogP contribution in [0, 0.1) is 0 Å². The lowest BCUT2D eigenvalue weighted by Crippen LogP contribution is -2.23. The summed E-state index contributed by atoms with van der Waals surface area (Å²) in [7, 11) is 0. The molecule has 0 fully saturated rings. The molecule has 1 aliphatic heterocycles. The first-order valence-electron chi connectivity index (χ1n) is 3.71. The molecule has 1 aliphatic rings. The lowest BCUT2D eigenvalue weighted by molar-refractivity contribution is 0.925. The van der Waals surface area contributed by atoms with Gasteiger partial charge in [-0.3, -0.25) is 5.43 Å². The number of nitrogens with zero attached hydrogens (tertiary/aromatic N) is 3. The molecule has 1 N–H and O–H groups in total. The van der Waals surface area contributed by atoms with Crippen molar-refractivity contribution in [2.24, 2.45) is 0 Å². The van der Waals surface area contributed by atoms with Gasteiger partial charge in [-0.1, -0.05) is 0 Å². The molecule has 1 aromatic rings. The Hall–Kier alpha value is -0.880. The SMILES string of the molecule is SCc1nccc(N2NC=CS2)n1. The van der Waals surface area contributed by atoms with Crippen molar-refractivity contribution in [3.8, 4) is 0 Å². The molecule has 0 aromatic carbocycles. The summed E-state index contributed by atoms with van der Waals surface area (Å²) in [4.78, 5) is 8.35. The molecule has 6 heteroatoms. The summed E-state index contributed by atoms with van der Waals surface area (Å²) < 4.78 is 1.86. The third kappa shape index (κ3) is 1.89. The molecule has 2 rings (SSSR count). The van der Waals surface area contributed by atoms with E-state index in [9.17, 15) is 0 Å². The third-order valence-electron chi connectivity index (χ3n) is 1.47. The fourth-order valence-electron chi connectivity index (χ4n) is 0.918. The quantitative estimate of drug-likeness (QED) is 0.572. The summed E-state index contributed by atoms with van der Waals surface area (Å²) in [5.74, 6) is 2.13. The second kappa shape index (κ2) is 3.89. The van der Waals surface area contributed by atoms with Crippen molar-refractivity contribution in [2.45, 2.75) is 5.75 Å². The molecule has 0 spiro atoms. The highest BCUT2D eigenvalue weighted by Gasteiger charge is 2.09. The Labute approximate surface area is 86.0 Å². The molecular weight excluding hydrogens is 204 g/mol. The highest BCUT2D eigenvalue weighted by atomic mass is 32.2. The maximum atomic E-state index is 4.29. The molecule has 1 aromatic heterocycles. The van der Waals surface area contributed by atoms with Gasteiger partial charge in [-0.15, -0.1) is 0 Å². The van der Waals surface area contributed by atoms with E-state index in [2.05, 4.69) is 28.0 Å². The number of aromatic nitrogens is 2. The van der Waals surface area contributed by atoms with Crippen molar-refractivity contribution < 1.29 is 0 Å². The normalized spacial score (nSPS) is 14.7. The van der Waals surface area contributed by atoms with E-state index in [1.165, 1.54) is 0 Å². The number of nitrogens with one attached hydrogen (secondary N) is 1. The zero-order valence-corrected chi connectivity index (χ0v) is 8.42. The van der Waals surface area contributed by atoms with Crippen LogP contribution in [-0.4, -0.2) is 9.97 Å². The van der Waals surface area contributed by atoms with Crippen molar-refractivity contribution in [1.29, 1.82) is 0 Å². The molecule has 0 bridgehead atoms. The van der Waals surface area contributed by atoms with Crippen LogP contribution in [0.5, 0.6) is 0 Å². The monoisotopic (exact) mass is 212 g/mol. The summed E-state index contributed by atoms with van der Waals surface area (Å²) in [5, 5.41) is 1.95. The Morgan fingerprint density at radius 3 is 3.23 bits per heavy atom. The Balaban J connectivity index is 2.19. The molecule has 0 amide bonds. The topological polar surface area (TPSA) is 41.1 Å². The van der Waals surface area contributed by atoms with E-state index in [0.717, 1.165) is 11.6 Å². The Bertz CT molecular complexity index is 320. The summed E-state index contributed by atoms with van der Waals surface area (Å²) in [6.07, 6.45) is 3.58. The van der Waals surface area contributed by atoms with Crippen LogP contribution in [0.4, 0.5) is 5.82 Å². The van der Waals surface area contributed by atoms with Crippen LogP contribution < -0.4 is 9.84 Å². The zero-order chi connectivity index (χ0) is 9.10. The van der Waals surface area contributed by atoms with Gasteiger partial charge in [0.05, 0.1) is 5.75 Å². The van der Waals surface area contributed by atoms with E-state index >= 15 is 0 Å². The summed E-state index contributed by atoms with van der Waals surface area (Å²) in [5.41, 5.74) is 3.02. The Morgan fingerprint density at radius 2 is 2.54 bits per heavy atom. The van der Waals surface area contributed by atoms with Crippen molar-refractivity contribution in [1.82, 2.24) is 15.4 Å². The molecule has 0 aliphatic carbocycles. The van der Waals surface area contributed by atoms with E-state index < -0.39 is 0 Å². The van der Waals surface area contributed by atoms with Gasteiger partial charge < -0.3 is 0 Å². The Kier molecular flexibility index (Phi) is 2.60. The predicted molar refractivity (Wildman–Crippen MR) is 57.1 cm³/mol. The number of anilines is 1. The summed E-state index contributed by atoms with van der Waals surface area (Å²) >= 11 is 5.65. The lowest BCUT2D eigenvalue weighted by Gasteiger charge is -2.14. The van der Waals surface area contributed by atoms with Crippen molar-refractivity contribution >= 4 is 30.4 Å². The maximum absolute atomic E-state index is 4.29. The van der Waals surface area contributed by atoms with Gasteiger partial charge in [-0.2, -0.15) is 12.6 Å². The minimum absolute atomic E-state index is 0.555. The van der Waals surface area contributed by atoms with Crippen molar-refractivity contribution in [3.63, 3.8) is 0 Å². The van der Waals surface area contributed by atoms with Gasteiger partial charge in [-0.25, -0.2) is 14.4 Å². The van der Waals surface area contributed by atoms with Crippen LogP contribution in [0.2, 0.25) is 0 Å². The summed E-state index contributed by atoms with van der Waals surface area (Å²) in [6, 6.07) is 1.85. The van der Waals surface area contributed by atoms with E-state index in [4.69, 9.17) is 0 Å². The molecule has 0 atom stereocenters. The fraction of sp³-hybridized carbons (Fsp3) is 0.143. The first-order chi connectivity index (χ1) is 6.40. The first kappa shape index (κ1) is 8.71. The number of rotatable bonds is 2. The van der Waals surface area contributed by atoms with Crippen molar-refractivity contribution in [2.75, 3.05) is 4.41 Å². The van der Waals surface area contributed by atoms with Crippen LogP contribution in [0.1, 0.15) is 5.82 Å². The number of hydrazine groups is 1. The summed E-state index contributed by atoms with van der Waals surface area (Å²) in [6.45, 7) is 0. The molecule has 4 nitrogen and oxygen atoms in total. The number of hydrogen-bond donors (Lipinski definition) is 2. The fourth-order valence-corrected chi connectivity index (χ4v) is 1.64. The number of thiol groups is 1. The van der Waals surface area contributed by atoms with Gasteiger partial charge in [0.2, 0.25) is 0 Å². The van der Waals surface area contributed by atoms with E-state index in [-0.39, 0.29) is 0 Å². The smallest absolute Gasteiger partial charge is 0.162 e. The average Bonchev–Trinajstić information content (AvgIpc) is 2.71. The molecule has 0 unspecified atom stereocenters. The van der Waals surface area contributed by atoms with Gasteiger partial charge in [0, 0.05) is 35.8 Å². The standard InChI is InChI=1S/C7H8N4S2/c12-5-6-8-2-1-7(10-6)11-9-3-4-13-11/h1-4,9,12H,5H2. The van der Waals surface area contributed by atoms with E-state index in [1.54, 1.807) is 18.1 Å². The molecule has 68 valence electrons. The van der Waals surface area contributed by atoms with Crippen molar-refractivity contribution in [3.05, 3.63) is 29.7 Å². The van der Waals surface area contributed by atoms with Gasteiger partial charge in [-0.05, 0) is 0 Å². The predicted octanol–water partition coefficient (Wildman–Crippen LogP) is 1.35. The minimum atomic E-state index is 0.555. The van der Waals surface area contributed by atoms with Crippen LogP contribution >= 0.6 is 24.6 Å². The average molecular weight is 212 g/mol. The zero-order valence-electron chi connectivity index (χ0n) is 6.71. The molecule has 2 heterocycles. The second-order valence-electron chi connectivity index (χ2n) is 2.32. The molecule has 0 radical (unpaired) electrons. The number of hydrogen-bond acceptors (Lipinski definition) is 6. The van der Waals surface area contributed by atoms with Gasteiger partial charge in [0.25, 0.3) is 0 Å². The lowest BCUT2D eigenvalue weighted by atomic mass is 10.5. The van der Waals surface area contributed by atoms with Crippen LogP contribution in [0.25, 0.3) is 0 Å². The first-order valence-corrected chi connectivity index (χ1v) is 5.18. The highest BCUT2D eigenvalue weighted by molar-refractivity contribution is 8.03. The minimum Gasteiger partial charge on any atom is -0.293 e. The van der Waals surface area contributed by atoms with Crippen LogP contribution in [0.3, 0.4) is 0 Å². The van der Waals surface area contributed by atoms with Crippen LogP contribution in [0.15, 0.2) is 23.9 Å². The molecular formula is C7H8N4S2. The molecule has 0 saturated heterocycles. The van der Waals surface area contributed by atoms with Gasteiger partial charge in [0.15, 0.2) is 5.82 Å². The molecule has 0 saturated carbocycles. The Morgan fingerprint density at radius 1 is 1.62 bits per heavy atom. The third-order valence-corrected chi connectivity index (χ3v) is 2.51. The van der Waals surface area contributed by atoms with Gasteiger partial charge in [0.1, 0.15) is 5.82 Å². The second-order valence-corrected chi connectivity index (χ2v) is 3.49. The van der Waals surface area contributed by atoms with E-state index in [0.29, 0.717) is 5.75 Å². The largest absolute Gasteiger partial charge is 0.293 e. The van der Waals surface area contributed by atoms with E-state index in [1.807, 2.05) is 22.1 Å².